The molecule has 0 aliphatic rings. The topological polar surface area (TPSA) is 64.3 Å². The van der Waals surface area contributed by atoms with Crippen LogP contribution in [0.4, 0.5) is 5.69 Å². The van der Waals surface area contributed by atoms with Crippen molar-refractivity contribution in [1.82, 2.24) is 5.32 Å². The molecule has 0 spiro atoms. The van der Waals surface area contributed by atoms with Gasteiger partial charge in [-0.05, 0) is 51.0 Å². The first-order valence-corrected chi connectivity index (χ1v) is 5.76. The van der Waals surface area contributed by atoms with Gasteiger partial charge in [0.05, 0.1) is 0 Å². The van der Waals surface area contributed by atoms with Gasteiger partial charge in [-0.3, -0.25) is 4.79 Å². The highest BCUT2D eigenvalue weighted by Crippen LogP contribution is 2.25. The molecule has 1 amide bonds. The fourth-order valence-electron chi connectivity index (χ4n) is 1.50. The fourth-order valence-corrected chi connectivity index (χ4v) is 1.50. The molecule has 0 heterocycles. The van der Waals surface area contributed by atoms with Crippen LogP contribution < -0.4 is 15.8 Å². The molecule has 3 N–H and O–H groups in total. The average Bonchev–Trinajstić information content (AvgIpc) is 2.26. The summed E-state index contributed by atoms with van der Waals surface area (Å²) in [7, 11) is 0. The number of carbonyl (C=O) groups is 1. The molecule has 0 fully saturated rings. The Hall–Kier alpha value is -1.71. The van der Waals surface area contributed by atoms with Crippen LogP contribution in [0.1, 0.15) is 25.0 Å². The lowest BCUT2D eigenvalue weighted by Crippen LogP contribution is -2.36. The van der Waals surface area contributed by atoms with Gasteiger partial charge in [0.1, 0.15) is 5.75 Å². The van der Waals surface area contributed by atoms with E-state index in [1.54, 1.807) is 6.92 Å². The van der Waals surface area contributed by atoms with Crippen LogP contribution in [0, 0.1) is 13.8 Å². The van der Waals surface area contributed by atoms with Gasteiger partial charge >= 0.3 is 0 Å². The first-order chi connectivity index (χ1) is 7.95. The van der Waals surface area contributed by atoms with E-state index in [0.29, 0.717) is 12.3 Å². The van der Waals surface area contributed by atoms with E-state index in [1.165, 1.54) is 0 Å². The fraction of sp³-hybridized carbons (Fsp3) is 0.462. The molecule has 4 heteroatoms. The van der Waals surface area contributed by atoms with E-state index >= 15 is 0 Å². The van der Waals surface area contributed by atoms with Crippen LogP contribution in [0.2, 0.25) is 0 Å². The Balaban J connectivity index is 2.81. The third-order valence-electron chi connectivity index (χ3n) is 2.59. The number of benzene rings is 1. The first-order valence-electron chi connectivity index (χ1n) is 5.76. The quantitative estimate of drug-likeness (QED) is 0.783. The number of hydrogen-bond donors (Lipinski definition) is 2. The van der Waals surface area contributed by atoms with Crippen LogP contribution in [0.5, 0.6) is 5.75 Å². The van der Waals surface area contributed by atoms with Crippen molar-refractivity contribution in [3.63, 3.8) is 0 Å². The second-order valence-electron chi connectivity index (χ2n) is 4.13. The van der Waals surface area contributed by atoms with Gasteiger partial charge in [0.2, 0.25) is 0 Å². The molecule has 0 saturated heterocycles. The number of ether oxygens (including phenoxy) is 1. The predicted molar refractivity (Wildman–Crippen MR) is 69.1 cm³/mol. The normalized spacial score (nSPS) is 12.0. The second-order valence-corrected chi connectivity index (χ2v) is 4.13. The smallest absolute Gasteiger partial charge is 0.260 e. The molecule has 0 saturated carbocycles. The minimum atomic E-state index is -0.503. The third-order valence-corrected chi connectivity index (χ3v) is 2.59. The van der Waals surface area contributed by atoms with Crippen LogP contribution in [0.15, 0.2) is 12.1 Å². The Bertz CT molecular complexity index is 416. The first kappa shape index (κ1) is 13.4. The minimum Gasteiger partial charge on any atom is -0.481 e. The molecule has 0 aliphatic carbocycles. The molecule has 4 nitrogen and oxygen atoms in total. The van der Waals surface area contributed by atoms with Gasteiger partial charge in [0.15, 0.2) is 6.10 Å². The molecular formula is C13H20N2O2. The summed E-state index contributed by atoms with van der Waals surface area (Å²) >= 11 is 0. The van der Waals surface area contributed by atoms with Crippen molar-refractivity contribution in [2.24, 2.45) is 0 Å². The molecule has 94 valence electrons. The molecule has 0 bridgehead atoms. The highest BCUT2D eigenvalue weighted by molar-refractivity contribution is 5.80. The lowest BCUT2D eigenvalue weighted by molar-refractivity contribution is -0.127. The molecule has 0 aliphatic heterocycles. The van der Waals surface area contributed by atoms with Crippen molar-refractivity contribution in [3.05, 3.63) is 23.3 Å². The summed E-state index contributed by atoms with van der Waals surface area (Å²) < 4.78 is 5.63. The maximum absolute atomic E-state index is 11.5. The standard InChI is InChI=1S/C13H20N2O2/c1-5-15-13(16)10(4)17-12-7-8(2)11(14)6-9(12)3/h6-7,10H,5,14H2,1-4H3,(H,15,16). The van der Waals surface area contributed by atoms with Crippen LogP contribution in [0.3, 0.4) is 0 Å². The van der Waals surface area contributed by atoms with Gasteiger partial charge in [-0.1, -0.05) is 0 Å². The number of rotatable bonds is 4. The number of carbonyl (C=O) groups excluding carboxylic acids is 1. The van der Waals surface area contributed by atoms with Crippen LogP contribution in [-0.2, 0) is 4.79 Å². The van der Waals surface area contributed by atoms with Crippen molar-refractivity contribution in [2.75, 3.05) is 12.3 Å². The second kappa shape index (κ2) is 5.57. The van der Waals surface area contributed by atoms with Gasteiger partial charge in [0, 0.05) is 12.2 Å². The average molecular weight is 236 g/mol. The highest BCUT2D eigenvalue weighted by Gasteiger charge is 2.15. The molecule has 1 unspecified atom stereocenters. The number of anilines is 1. The zero-order valence-electron chi connectivity index (χ0n) is 10.8. The molecule has 1 aromatic carbocycles. The van der Waals surface area contributed by atoms with Crippen molar-refractivity contribution in [2.45, 2.75) is 33.8 Å². The summed E-state index contributed by atoms with van der Waals surface area (Å²) in [6.07, 6.45) is -0.503. The van der Waals surface area contributed by atoms with Gasteiger partial charge in [-0.15, -0.1) is 0 Å². The van der Waals surface area contributed by atoms with Crippen molar-refractivity contribution < 1.29 is 9.53 Å². The number of likely N-dealkylation sites (N-methyl/N-ethyl adjacent to an activating group) is 1. The summed E-state index contributed by atoms with van der Waals surface area (Å²) in [6.45, 7) is 8.04. The van der Waals surface area contributed by atoms with E-state index in [4.69, 9.17) is 10.5 Å². The van der Waals surface area contributed by atoms with Crippen LogP contribution >= 0.6 is 0 Å². The van der Waals surface area contributed by atoms with E-state index in [9.17, 15) is 4.79 Å². The maximum Gasteiger partial charge on any atom is 0.260 e. The SMILES string of the molecule is CCNC(=O)C(C)Oc1cc(C)c(N)cc1C. The molecule has 1 aromatic rings. The lowest BCUT2D eigenvalue weighted by atomic mass is 10.1. The zero-order valence-corrected chi connectivity index (χ0v) is 10.8. The van der Waals surface area contributed by atoms with Crippen molar-refractivity contribution in [1.29, 1.82) is 0 Å². The van der Waals surface area contributed by atoms with Gasteiger partial charge < -0.3 is 15.8 Å². The lowest BCUT2D eigenvalue weighted by Gasteiger charge is -2.17. The largest absolute Gasteiger partial charge is 0.481 e. The maximum atomic E-state index is 11.5. The number of aryl methyl sites for hydroxylation is 2. The van der Waals surface area contributed by atoms with Crippen LogP contribution in [0.25, 0.3) is 0 Å². The van der Waals surface area contributed by atoms with E-state index < -0.39 is 6.10 Å². The number of nitrogen functional groups attached to an aromatic ring is 1. The van der Waals surface area contributed by atoms with E-state index in [1.807, 2.05) is 32.9 Å². The van der Waals surface area contributed by atoms with Crippen molar-refractivity contribution >= 4 is 11.6 Å². The van der Waals surface area contributed by atoms with E-state index in [2.05, 4.69) is 5.32 Å². The number of amides is 1. The van der Waals surface area contributed by atoms with Crippen molar-refractivity contribution in [3.8, 4) is 5.75 Å². The van der Waals surface area contributed by atoms with E-state index in [0.717, 1.165) is 16.8 Å². The predicted octanol–water partition coefficient (Wildman–Crippen LogP) is 1.79. The molecule has 1 rings (SSSR count). The Labute approximate surface area is 102 Å². The Kier molecular flexibility index (Phi) is 4.37. The summed E-state index contributed by atoms with van der Waals surface area (Å²) in [5, 5.41) is 2.72. The van der Waals surface area contributed by atoms with Gasteiger partial charge in [-0.2, -0.15) is 0 Å². The Morgan fingerprint density at radius 1 is 1.41 bits per heavy atom. The number of nitrogens with two attached hydrogens (primary N) is 1. The molecule has 0 radical (unpaired) electrons. The third kappa shape index (κ3) is 3.37. The summed E-state index contributed by atoms with van der Waals surface area (Å²) in [5.74, 6) is 0.594. The summed E-state index contributed by atoms with van der Waals surface area (Å²) in [4.78, 5) is 11.5. The number of hydrogen-bond acceptors (Lipinski definition) is 3. The molecule has 17 heavy (non-hydrogen) atoms. The summed E-state index contributed by atoms with van der Waals surface area (Å²) in [5.41, 5.74) is 8.42. The number of nitrogens with one attached hydrogen (secondary N) is 1. The van der Waals surface area contributed by atoms with Gasteiger partial charge in [-0.25, -0.2) is 0 Å². The zero-order chi connectivity index (χ0) is 13.0. The Morgan fingerprint density at radius 3 is 2.65 bits per heavy atom. The van der Waals surface area contributed by atoms with E-state index in [-0.39, 0.29) is 5.91 Å². The van der Waals surface area contributed by atoms with Crippen LogP contribution in [-0.4, -0.2) is 18.6 Å². The Morgan fingerprint density at radius 2 is 2.06 bits per heavy atom. The van der Waals surface area contributed by atoms with Gasteiger partial charge in [0.25, 0.3) is 5.91 Å². The minimum absolute atomic E-state index is 0.110. The molecule has 1 atom stereocenters. The molecule has 0 aromatic heterocycles. The summed E-state index contributed by atoms with van der Waals surface area (Å²) in [6, 6.07) is 3.72. The molecular weight excluding hydrogens is 216 g/mol. The highest BCUT2D eigenvalue weighted by atomic mass is 16.5. The monoisotopic (exact) mass is 236 g/mol.